The number of carboxylic acids is 1. The molecule has 2 heterocycles. The fourth-order valence-electron chi connectivity index (χ4n) is 3.75. The molecule has 0 saturated carbocycles. The van der Waals surface area contributed by atoms with Gasteiger partial charge in [0.15, 0.2) is 0 Å². The van der Waals surface area contributed by atoms with E-state index in [0.29, 0.717) is 22.3 Å². The van der Waals surface area contributed by atoms with Crippen LogP contribution in [0.3, 0.4) is 0 Å². The molecule has 0 spiro atoms. The first kappa shape index (κ1) is 24.4. The Labute approximate surface area is 205 Å². The molecule has 0 bridgehead atoms. The Hall–Kier alpha value is -2.73. The van der Waals surface area contributed by atoms with Crippen molar-refractivity contribution in [2.75, 3.05) is 0 Å². The van der Waals surface area contributed by atoms with E-state index in [9.17, 15) is 28.2 Å². The van der Waals surface area contributed by atoms with Gasteiger partial charge in [0.1, 0.15) is 6.04 Å². The molecule has 0 radical (unpaired) electrons. The van der Waals surface area contributed by atoms with Gasteiger partial charge in [-0.2, -0.15) is 4.72 Å². The lowest BCUT2D eigenvalue weighted by atomic mass is 10.1. The van der Waals surface area contributed by atoms with E-state index >= 15 is 0 Å². The number of rotatable bonds is 9. The molecule has 3 N–H and O–H groups in total. The van der Waals surface area contributed by atoms with Crippen molar-refractivity contribution in [3.05, 3.63) is 69.7 Å². The van der Waals surface area contributed by atoms with E-state index in [1.54, 1.807) is 24.3 Å². The fraction of sp³-hybridized carbons (Fsp3) is 0.273. The van der Waals surface area contributed by atoms with Gasteiger partial charge < -0.3 is 10.2 Å². The largest absolute Gasteiger partial charge is 0.493 e. The van der Waals surface area contributed by atoms with E-state index in [0.717, 1.165) is 11.1 Å². The summed E-state index contributed by atoms with van der Waals surface area (Å²) in [6.07, 6.45) is 0.123. The van der Waals surface area contributed by atoms with Crippen molar-refractivity contribution in [2.24, 2.45) is 0 Å². The van der Waals surface area contributed by atoms with Gasteiger partial charge in [0.25, 0.3) is 0 Å². The highest BCUT2D eigenvalue weighted by Gasteiger charge is 2.27. The average Bonchev–Trinajstić information content (AvgIpc) is 3.38. The van der Waals surface area contributed by atoms with Gasteiger partial charge in [-0.15, -0.1) is 11.8 Å². The summed E-state index contributed by atoms with van der Waals surface area (Å²) in [5.74, 6) is -0.456. The fourth-order valence-corrected chi connectivity index (χ4v) is 6.12. The number of benzene rings is 2. The van der Waals surface area contributed by atoms with Gasteiger partial charge in [-0.05, 0) is 48.2 Å². The number of halogens is 1. The Kier molecular flexibility index (Phi) is 7.08. The predicted molar refractivity (Wildman–Crippen MR) is 130 cm³/mol. The number of nitrogens with zero attached hydrogens (tertiary/aromatic N) is 2. The van der Waals surface area contributed by atoms with Crippen LogP contribution >= 0.6 is 23.4 Å². The Balaban J connectivity index is 1.42. The second-order valence-corrected chi connectivity index (χ2v) is 10.9. The van der Waals surface area contributed by atoms with Crippen molar-refractivity contribution < 1.29 is 23.4 Å². The van der Waals surface area contributed by atoms with E-state index in [2.05, 4.69) is 4.72 Å². The highest BCUT2D eigenvalue weighted by atomic mass is 35.5. The quantitative estimate of drug-likeness (QED) is 0.393. The molecule has 1 aliphatic rings. The van der Waals surface area contributed by atoms with Crippen LogP contribution in [0.15, 0.2) is 58.2 Å². The molecule has 2 aromatic carbocycles. The number of nitrogens with one attached hydrogen (secondary N) is 1. The molecule has 0 unspecified atom stereocenters. The maximum absolute atomic E-state index is 12.8. The predicted octanol–water partition coefficient (Wildman–Crippen LogP) is 3.09. The van der Waals surface area contributed by atoms with Crippen molar-refractivity contribution in [3.8, 4) is 17.0 Å². The van der Waals surface area contributed by atoms with Gasteiger partial charge >= 0.3 is 11.7 Å². The van der Waals surface area contributed by atoms with Crippen LogP contribution in [0.2, 0.25) is 5.02 Å². The maximum atomic E-state index is 12.8. The standard InChI is InChI=1S/C22H22ClN3O6S2/c23-16-7-3-14(4-8-16)15-5-9-17(10-6-15)34(31,32)24-18(21(28)29)2-1-11-25-20(27)19-12-33-13-26(19)22(25)30/h3-10,18,24,27H,1-2,11-13H2,(H,28,29)/t18-/m0/s1. The van der Waals surface area contributed by atoms with E-state index < -0.39 is 22.0 Å². The van der Waals surface area contributed by atoms with Crippen LogP contribution in [0.4, 0.5) is 0 Å². The zero-order chi connectivity index (χ0) is 24.5. The highest BCUT2D eigenvalue weighted by molar-refractivity contribution is 7.97. The zero-order valence-corrected chi connectivity index (χ0v) is 20.2. The smallest absolute Gasteiger partial charge is 0.332 e. The number of thioether (sulfide) groups is 1. The zero-order valence-electron chi connectivity index (χ0n) is 17.8. The van der Waals surface area contributed by atoms with Gasteiger partial charge in [0, 0.05) is 17.3 Å². The number of sulfonamides is 1. The Morgan fingerprint density at radius 3 is 2.32 bits per heavy atom. The molecule has 12 heteroatoms. The second kappa shape index (κ2) is 9.87. The molecule has 34 heavy (non-hydrogen) atoms. The number of imidazole rings is 1. The summed E-state index contributed by atoms with van der Waals surface area (Å²) in [5, 5.41) is 20.4. The molecule has 0 aliphatic carbocycles. The molecular formula is C22H22ClN3O6S2. The average molecular weight is 524 g/mol. The molecule has 9 nitrogen and oxygen atoms in total. The van der Waals surface area contributed by atoms with E-state index in [1.165, 1.54) is 33.0 Å². The van der Waals surface area contributed by atoms with Crippen LogP contribution in [0.25, 0.3) is 11.1 Å². The second-order valence-electron chi connectivity index (χ2n) is 7.80. The molecule has 1 atom stereocenters. The van der Waals surface area contributed by atoms with E-state index in [1.807, 2.05) is 12.1 Å². The lowest BCUT2D eigenvalue weighted by molar-refractivity contribution is -0.139. The Bertz CT molecular complexity index is 1370. The van der Waals surface area contributed by atoms with Crippen molar-refractivity contribution in [1.82, 2.24) is 13.9 Å². The summed E-state index contributed by atoms with van der Waals surface area (Å²) in [6.45, 7) is 0.0800. The number of aromatic nitrogens is 2. The third-order valence-electron chi connectivity index (χ3n) is 5.57. The first-order valence-electron chi connectivity index (χ1n) is 10.4. The lowest BCUT2D eigenvalue weighted by Crippen LogP contribution is -2.41. The van der Waals surface area contributed by atoms with Gasteiger partial charge in [0.2, 0.25) is 15.9 Å². The van der Waals surface area contributed by atoms with E-state index in [-0.39, 0.29) is 35.9 Å². The van der Waals surface area contributed by atoms with Gasteiger partial charge in [-0.1, -0.05) is 35.9 Å². The normalized spacial score (nSPS) is 14.1. The van der Waals surface area contributed by atoms with Gasteiger partial charge in [0.05, 0.1) is 16.5 Å². The Morgan fingerprint density at radius 2 is 1.74 bits per heavy atom. The third-order valence-corrected chi connectivity index (χ3v) is 8.23. The third kappa shape index (κ3) is 5.02. The topological polar surface area (TPSA) is 131 Å². The molecule has 0 amide bonds. The summed E-state index contributed by atoms with van der Waals surface area (Å²) in [6, 6.07) is 11.8. The van der Waals surface area contributed by atoms with Crippen LogP contribution in [0.5, 0.6) is 5.88 Å². The van der Waals surface area contributed by atoms with Crippen LogP contribution in [-0.2, 0) is 33.0 Å². The van der Waals surface area contributed by atoms with Crippen LogP contribution in [0, 0.1) is 0 Å². The molecular weight excluding hydrogens is 502 g/mol. The number of hydrogen-bond acceptors (Lipinski definition) is 6. The molecule has 0 fully saturated rings. The van der Waals surface area contributed by atoms with Crippen LogP contribution in [-0.4, -0.2) is 39.8 Å². The van der Waals surface area contributed by atoms with Crippen molar-refractivity contribution in [3.63, 3.8) is 0 Å². The molecule has 4 rings (SSSR count). The lowest BCUT2D eigenvalue weighted by Gasteiger charge is -2.15. The minimum Gasteiger partial charge on any atom is -0.493 e. The minimum absolute atomic E-state index is 0.0570. The first-order chi connectivity index (χ1) is 16.2. The molecule has 1 aromatic heterocycles. The summed E-state index contributed by atoms with van der Waals surface area (Å²) in [5.41, 5.74) is 1.84. The first-order valence-corrected chi connectivity index (χ1v) is 13.4. The van der Waals surface area contributed by atoms with Crippen LogP contribution in [0.1, 0.15) is 18.5 Å². The molecule has 1 aliphatic heterocycles. The monoisotopic (exact) mass is 523 g/mol. The van der Waals surface area contributed by atoms with Gasteiger partial charge in [-0.3, -0.25) is 13.9 Å². The number of aromatic hydroxyl groups is 1. The summed E-state index contributed by atoms with van der Waals surface area (Å²) in [4.78, 5) is 24.0. The molecule has 180 valence electrons. The van der Waals surface area contributed by atoms with Crippen molar-refractivity contribution in [1.29, 1.82) is 0 Å². The Morgan fingerprint density at radius 1 is 1.12 bits per heavy atom. The van der Waals surface area contributed by atoms with Crippen molar-refractivity contribution in [2.45, 2.75) is 42.0 Å². The summed E-state index contributed by atoms with van der Waals surface area (Å²) < 4.78 is 30.5. The number of carbonyl (C=O) groups is 1. The van der Waals surface area contributed by atoms with E-state index in [4.69, 9.17) is 11.6 Å². The van der Waals surface area contributed by atoms with Crippen LogP contribution < -0.4 is 10.4 Å². The maximum Gasteiger partial charge on any atom is 0.332 e. The van der Waals surface area contributed by atoms with Gasteiger partial charge in [-0.25, -0.2) is 13.2 Å². The number of carboxylic acid groups (broad SMARTS) is 1. The molecule has 0 saturated heterocycles. The SMILES string of the molecule is O=C(O)[C@H](CCCn1c(O)c2n(c1=O)CSC2)NS(=O)(=O)c1ccc(-c2ccc(Cl)cc2)cc1. The summed E-state index contributed by atoms with van der Waals surface area (Å²) >= 11 is 7.41. The molecule has 3 aromatic rings. The number of hydrogen-bond donors (Lipinski definition) is 3. The highest BCUT2D eigenvalue weighted by Crippen LogP contribution is 2.29. The minimum atomic E-state index is -4.10. The summed E-state index contributed by atoms with van der Waals surface area (Å²) in [7, 11) is -4.10. The van der Waals surface area contributed by atoms with Crippen molar-refractivity contribution >= 4 is 39.4 Å². The number of fused-ring (bicyclic) bond motifs is 1. The number of aliphatic carboxylic acids is 1.